The molecule has 0 aromatic carbocycles. The van der Waals surface area contributed by atoms with Crippen molar-refractivity contribution < 1.29 is 268 Å². The Morgan fingerprint density at radius 1 is 0.208 bits per heavy atom. The van der Waals surface area contributed by atoms with Crippen LogP contribution in [-0.4, -0.2) is 286 Å². The van der Waals surface area contributed by atoms with Gasteiger partial charge in [0.1, 0.15) is 54.9 Å². The third-order valence-corrected chi connectivity index (χ3v) is 3.26. The SMILES string of the molecule is O=P(O)(O)O.O=P(O)(O)O.O=P(O)(O)O.O=P(O)(O)O.O=P(O)(O)O.O=P(O)(O)O.O=P(O)(O)O.O=P(O)(O)O.O=P(O)(O)O.O=P(O)(O)O.O=P(O)(O)O.OC1C(O)C(O)C(O)C(O)C1O.OC[C@@H](O)C(O)[C@@H](O)CO. The molecule has 44 N–H and O–H groups in total. The topological polar surface area (TPSA) is 1080 Å². The molecular weight excluding hydrogens is 1350 g/mol. The van der Waals surface area contributed by atoms with Gasteiger partial charge in [-0.3, -0.25) is 0 Å². The summed E-state index contributed by atoms with van der Waals surface area (Å²) in [4.78, 5) is 237. The average molecular weight is 1410 g/mol. The van der Waals surface area contributed by atoms with E-state index >= 15 is 0 Å². The molecule has 486 valence electrons. The van der Waals surface area contributed by atoms with Crippen molar-refractivity contribution in [3.8, 4) is 0 Å². The van der Waals surface area contributed by atoms with E-state index in [-0.39, 0.29) is 0 Å². The number of phosphoric acid groups is 11. The Bertz CT molecular complexity index is 1400. The molecule has 1 aliphatic carbocycles. The molecule has 1 unspecified atom stereocenters. The molecule has 3 atom stereocenters. The fourth-order valence-electron chi connectivity index (χ4n) is 1.68. The van der Waals surface area contributed by atoms with E-state index in [9.17, 15) is 0 Å². The highest BCUT2D eigenvalue weighted by molar-refractivity contribution is 7.47. The highest BCUT2D eigenvalue weighted by atomic mass is 31.2. The average Bonchev–Trinajstić information content (AvgIpc) is 3.00. The van der Waals surface area contributed by atoms with Gasteiger partial charge in [-0.1, -0.05) is 0 Å². The number of aliphatic hydroxyl groups is 11. The van der Waals surface area contributed by atoms with Gasteiger partial charge in [0.2, 0.25) is 0 Å². The van der Waals surface area contributed by atoms with E-state index in [1.807, 2.05) is 0 Å². The van der Waals surface area contributed by atoms with Gasteiger partial charge >= 0.3 is 86.0 Å². The van der Waals surface area contributed by atoms with Crippen molar-refractivity contribution in [1.29, 1.82) is 0 Å². The Labute approximate surface area is 421 Å². The Kier molecular flexibility index (Phi) is 66.1. The first kappa shape index (κ1) is 106. The molecular formula is C11H57O55P11. The van der Waals surface area contributed by atoms with Crippen molar-refractivity contribution in [2.75, 3.05) is 13.2 Å². The van der Waals surface area contributed by atoms with Crippen molar-refractivity contribution in [2.45, 2.75) is 54.9 Å². The molecule has 1 aliphatic rings. The van der Waals surface area contributed by atoms with Crippen LogP contribution in [-0.2, 0) is 50.2 Å². The molecule has 77 heavy (non-hydrogen) atoms. The van der Waals surface area contributed by atoms with Crippen molar-refractivity contribution in [2.24, 2.45) is 0 Å². The van der Waals surface area contributed by atoms with Crippen LogP contribution in [0.15, 0.2) is 0 Å². The third kappa shape index (κ3) is 317. The lowest BCUT2D eigenvalue weighted by Crippen LogP contribution is -2.63. The summed E-state index contributed by atoms with van der Waals surface area (Å²) < 4.78 is 97.7. The minimum atomic E-state index is -4.64. The van der Waals surface area contributed by atoms with Gasteiger partial charge in [-0.2, -0.15) is 0 Å². The van der Waals surface area contributed by atoms with Gasteiger partial charge in [-0.15, -0.1) is 0 Å². The van der Waals surface area contributed by atoms with Crippen LogP contribution in [0, 0.1) is 0 Å². The fourth-order valence-corrected chi connectivity index (χ4v) is 1.68. The number of aliphatic hydroxyl groups excluding tert-OH is 11. The second-order valence-corrected chi connectivity index (χ2v) is 21.9. The zero-order chi connectivity index (χ0) is 67.1. The predicted molar refractivity (Wildman–Crippen MR) is 225 cm³/mol. The van der Waals surface area contributed by atoms with E-state index in [1.54, 1.807) is 0 Å². The maximum absolute atomic E-state index is 8.97. The minimum Gasteiger partial charge on any atom is -0.394 e. The molecule has 0 aromatic rings. The predicted octanol–water partition coefficient (Wildman–Crippen LogP) is -17.0. The summed E-state index contributed by atoms with van der Waals surface area (Å²) in [5.41, 5.74) is 0. The first-order chi connectivity index (χ1) is 32.1. The Balaban J connectivity index is -0.0000000605. The summed E-state index contributed by atoms with van der Waals surface area (Å²) in [6.07, 6.45) is -14.1. The van der Waals surface area contributed by atoms with Gasteiger partial charge in [-0.05, 0) is 0 Å². The first-order valence-corrected chi connectivity index (χ1v) is 32.3. The Morgan fingerprint density at radius 3 is 0.299 bits per heavy atom. The van der Waals surface area contributed by atoms with Gasteiger partial charge in [-0.25, -0.2) is 50.2 Å². The molecule has 1 rings (SSSR count). The first-order valence-electron chi connectivity index (χ1n) is 15.0. The van der Waals surface area contributed by atoms with Crippen molar-refractivity contribution >= 4 is 86.0 Å². The molecule has 66 heteroatoms. The van der Waals surface area contributed by atoms with Crippen LogP contribution in [0.3, 0.4) is 0 Å². The molecule has 0 heterocycles. The molecule has 1 saturated carbocycles. The molecule has 0 amide bonds. The van der Waals surface area contributed by atoms with Crippen LogP contribution in [0.25, 0.3) is 0 Å². The normalized spacial score (nSPS) is 19.7. The highest BCUT2D eigenvalue weighted by Gasteiger charge is 2.47. The number of hydrogen-bond acceptors (Lipinski definition) is 22. The molecule has 0 radical (unpaired) electrons. The van der Waals surface area contributed by atoms with Gasteiger partial charge in [0, 0.05) is 0 Å². The fraction of sp³-hybridized carbons (Fsp3) is 1.00. The minimum absolute atomic E-state index is 0.641. The monoisotopic (exact) mass is 1410 g/mol. The maximum Gasteiger partial charge on any atom is 0.466 e. The molecule has 1 fully saturated rings. The van der Waals surface area contributed by atoms with Crippen LogP contribution >= 0.6 is 86.0 Å². The van der Waals surface area contributed by atoms with Crippen LogP contribution in [0.4, 0.5) is 0 Å². The largest absolute Gasteiger partial charge is 0.466 e. The molecule has 0 bridgehead atoms. The summed E-state index contributed by atoms with van der Waals surface area (Å²) in [5, 5.41) is 96.4. The zero-order valence-corrected chi connectivity index (χ0v) is 45.5. The summed E-state index contributed by atoms with van der Waals surface area (Å²) in [5.74, 6) is 0. The highest BCUT2D eigenvalue weighted by Crippen LogP contribution is 2.30. The lowest BCUT2D eigenvalue weighted by Gasteiger charge is -2.39. The Morgan fingerprint density at radius 2 is 0.260 bits per heavy atom. The quantitative estimate of drug-likeness (QED) is 0.116. The molecule has 55 nitrogen and oxygen atoms in total. The van der Waals surface area contributed by atoms with Crippen LogP contribution in [0.1, 0.15) is 0 Å². The molecule has 0 saturated heterocycles. The summed E-state index contributed by atoms with van der Waals surface area (Å²) in [7, 11) is -51.0. The molecule has 0 spiro atoms. The lowest BCUT2D eigenvalue weighted by atomic mass is 9.85. The van der Waals surface area contributed by atoms with Gasteiger partial charge in [0.15, 0.2) is 0 Å². The van der Waals surface area contributed by atoms with Gasteiger partial charge in [0.05, 0.1) is 13.2 Å². The third-order valence-electron chi connectivity index (χ3n) is 3.26. The van der Waals surface area contributed by atoms with Gasteiger partial charge in [0.25, 0.3) is 0 Å². The standard InChI is InChI=1S/C6H12O6.C5H12O5.11H3O4P/c7-1-2(8)4(10)6(12)5(11)3(1)9;6-1-3(8)5(10)4(9)2-7;11*1-5(2,3)4/h1-12H;3-10H,1-2H2;11*(H3,1,2,3,4)/t;3-,4+,5?;;;;;;;;;;;. The second kappa shape index (κ2) is 48.1. The van der Waals surface area contributed by atoms with Crippen LogP contribution < -0.4 is 0 Å². The van der Waals surface area contributed by atoms with Crippen LogP contribution in [0.5, 0.6) is 0 Å². The second-order valence-electron chi connectivity index (χ2n) is 10.6. The number of rotatable bonds is 4. The van der Waals surface area contributed by atoms with E-state index in [4.69, 9.17) is 268 Å². The van der Waals surface area contributed by atoms with Crippen molar-refractivity contribution in [3.63, 3.8) is 0 Å². The smallest absolute Gasteiger partial charge is 0.394 e. The number of hydrogen-bond donors (Lipinski definition) is 44. The van der Waals surface area contributed by atoms with E-state index in [1.165, 1.54) is 0 Å². The molecule has 0 aromatic heterocycles. The Hall–Kier alpha value is 0.770. The summed E-state index contributed by atoms with van der Waals surface area (Å²) >= 11 is 0. The summed E-state index contributed by atoms with van der Waals surface area (Å²) in [6.45, 7) is -1.28. The van der Waals surface area contributed by atoms with Crippen LogP contribution in [0.2, 0.25) is 0 Å². The maximum atomic E-state index is 8.97. The zero-order valence-electron chi connectivity index (χ0n) is 35.7. The van der Waals surface area contributed by atoms with E-state index in [0.29, 0.717) is 0 Å². The van der Waals surface area contributed by atoms with Crippen molar-refractivity contribution in [3.05, 3.63) is 0 Å². The van der Waals surface area contributed by atoms with E-state index in [2.05, 4.69) is 0 Å². The molecule has 0 aliphatic heterocycles. The van der Waals surface area contributed by atoms with E-state index < -0.39 is 154 Å². The summed E-state index contributed by atoms with van der Waals surface area (Å²) in [6, 6.07) is 0. The van der Waals surface area contributed by atoms with Crippen molar-refractivity contribution in [1.82, 2.24) is 0 Å². The van der Waals surface area contributed by atoms with Gasteiger partial charge < -0.3 is 218 Å². The lowest BCUT2D eigenvalue weighted by molar-refractivity contribution is -0.223. The van der Waals surface area contributed by atoms with E-state index in [0.717, 1.165) is 0 Å².